The fourth-order valence-electron chi connectivity index (χ4n) is 1.65. The maximum Gasteiger partial charge on any atom is 0.148 e. The van der Waals surface area contributed by atoms with Gasteiger partial charge in [-0.3, -0.25) is 0 Å². The normalized spacial score (nSPS) is 27.5. The summed E-state index contributed by atoms with van der Waals surface area (Å²) in [5.74, 6) is 0. The largest absolute Gasteiger partial charge is 0.360 e. The molecule has 0 N–H and O–H groups in total. The van der Waals surface area contributed by atoms with Crippen LogP contribution in [-0.2, 0) is 9.53 Å². The summed E-state index contributed by atoms with van der Waals surface area (Å²) in [6.45, 7) is 2.03. The summed E-state index contributed by atoms with van der Waals surface area (Å²) in [6, 6.07) is 0. The summed E-state index contributed by atoms with van der Waals surface area (Å²) in [7, 11) is 0. The van der Waals surface area contributed by atoms with E-state index in [1.165, 1.54) is 4.88 Å². The van der Waals surface area contributed by atoms with Gasteiger partial charge in [0, 0.05) is 11.1 Å². The summed E-state index contributed by atoms with van der Waals surface area (Å²) in [4.78, 5) is 16.1. The Kier molecular flexibility index (Phi) is 2.93. The lowest BCUT2D eigenvalue weighted by Gasteiger charge is -2.25. The van der Waals surface area contributed by atoms with Gasteiger partial charge in [0.25, 0.3) is 0 Å². The molecule has 4 heteroatoms. The summed E-state index contributed by atoms with van der Waals surface area (Å²) in [6.07, 6.45) is 5.45. The molecule has 1 fully saturated rings. The van der Waals surface area contributed by atoms with Crippen LogP contribution >= 0.6 is 11.3 Å². The molecule has 76 valence electrons. The second kappa shape index (κ2) is 4.19. The number of aromatic nitrogens is 1. The maximum atomic E-state index is 10.6. The van der Waals surface area contributed by atoms with Gasteiger partial charge in [-0.15, -0.1) is 11.3 Å². The number of rotatable bonds is 2. The molecule has 3 nitrogen and oxygen atoms in total. The molecule has 2 rings (SSSR count). The van der Waals surface area contributed by atoms with E-state index in [9.17, 15) is 4.79 Å². The molecular formula is C10H13NO2S. The topological polar surface area (TPSA) is 39.2 Å². The van der Waals surface area contributed by atoms with Crippen LogP contribution < -0.4 is 0 Å². The predicted octanol–water partition coefficient (Wildman–Crippen LogP) is 2.26. The molecule has 0 bridgehead atoms. The Bertz CT molecular complexity index is 324. The molecule has 1 aliphatic heterocycles. The third-order valence-electron chi connectivity index (χ3n) is 2.36. The van der Waals surface area contributed by atoms with Crippen LogP contribution in [0.5, 0.6) is 0 Å². The van der Waals surface area contributed by atoms with E-state index in [-0.39, 0.29) is 12.2 Å². The summed E-state index contributed by atoms with van der Waals surface area (Å²) in [5.41, 5.74) is 0. The highest BCUT2D eigenvalue weighted by Gasteiger charge is 2.24. The molecule has 1 aromatic heterocycles. The van der Waals surface area contributed by atoms with Crippen molar-refractivity contribution in [2.45, 2.75) is 38.4 Å². The first-order chi connectivity index (χ1) is 6.79. The summed E-state index contributed by atoms with van der Waals surface area (Å²) >= 11 is 1.65. The van der Waals surface area contributed by atoms with Crippen LogP contribution in [0.15, 0.2) is 6.20 Å². The number of nitrogens with zero attached hydrogens (tertiary/aromatic N) is 1. The van der Waals surface area contributed by atoms with Crippen molar-refractivity contribution in [2.75, 3.05) is 0 Å². The highest BCUT2D eigenvalue weighted by molar-refractivity contribution is 7.11. The van der Waals surface area contributed by atoms with Crippen LogP contribution in [0.2, 0.25) is 0 Å². The van der Waals surface area contributed by atoms with E-state index in [0.29, 0.717) is 0 Å². The first kappa shape index (κ1) is 9.80. The van der Waals surface area contributed by atoms with Gasteiger partial charge in [-0.05, 0) is 26.2 Å². The fraction of sp³-hybridized carbons (Fsp3) is 0.600. The van der Waals surface area contributed by atoms with Gasteiger partial charge in [-0.25, -0.2) is 4.98 Å². The van der Waals surface area contributed by atoms with Crippen molar-refractivity contribution < 1.29 is 9.53 Å². The Labute approximate surface area is 87.1 Å². The molecule has 14 heavy (non-hydrogen) atoms. The Morgan fingerprint density at radius 2 is 2.50 bits per heavy atom. The van der Waals surface area contributed by atoms with E-state index >= 15 is 0 Å². The molecule has 0 amide bonds. The number of hydrogen-bond acceptors (Lipinski definition) is 4. The first-order valence-corrected chi connectivity index (χ1v) is 5.64. The zero-order chi connectivity index (χ0) is 9.97. The first-order valence-electron chi connectivity index (χ1n) is 4.82. The molecule has 0 aromatic carbocycles. The van der Waals surface area contributed by atoms with Crippen molar-refractivity contribution >= 4 is 17.6 Å². The number of aldehydes is 1. The van der Waals surface area contributed by atoms with Crippen LogP contribution in [0.4, 0.5) is 0 Å². The van der Waals surface area contributed by atoms with Crippen LogP contribution in [0.25, 0.3) is 0 Å². The maximum absolute atomic E-state index is 10.6. The van der Waals surface area contributed by atoms with Crippen molar-refractivity contribution in [1.82, 2.24) is 4.98 Å². The lowest BCUT2D eigenvalue weighted by Crippen LogP contribution is -2.23. The van der Waals surface area contributed by atoms with E-state index < -0.39 is 0 Å². The van der Waals surface area contributed by atoms with Gasteiger partial charge in [0.2, 0.25) is 0 Å². The van der Waals surface area contributed by atoms with Gasteiger partial charge in [0.1, 0.15) is 23.5 Å². The molecule has 0 radical (unpaired) electrons. The van der Waals surface area contributed by atoms with E-state index in [4.69, 9.17) is 4.74 Å². The van der Waals surface area contributed by atoms with E-state index in [0.717, 1.165) is 30.6 Å². The van der Waals surface area contributed by atoms with Gasteiger partial charge >= 0.3 is 0 Å². The smallest absolute Gasteiger partial charge is 0.148 e. The van der Waals surface area contributed by atoms with Crippen molar-refractivity contribution in [3.8, 4) is 0 Å². The van der Waals surface area contributed by atoms with E-state index in [1.807, 2.05) is 13.1 Å². The van der Waals surface area contributed by atoms with Crippen molar-refractivity contribution in [3.63, 3.8) is 0 Å². The number of hydrogen-bond donors (Lipinski definition) is 0. The third kappa shape index (κ3) is 2.01. The highest BCUT2D eigenvalue weighted by Crippen LogP contribution is 2.32. The Morgan fingerprint density at radius 1 is 1.64 bits per heavy atom. The minimum Gasteiger partial charge on any atom is -0.360 e. The molecule has 1 aromatic rings. The van der Waals surface area contributed by atoms with E-state index in [2.05, 4.69) is 4.98 Å². The van der Waals surface area contributed by atoms with Crippen LogP contribution in [0.1, 0.15) is 35.3 Å². The molecule has 0 aliphatic carbocycles. The minimum atomic E-state index is -0.224. The van der Waals surface area contributed by atoms with Crippen molar-refractivity contribution in [2.24, 2.45) is 0 Å². The van der Waals surface area contributed by atoms with Gasteiger partial charge in [0.15, 0.2) is 0 Å². The zero-order valence-electron chi connectivity index (χ0n) is 8.10. The fourth-order valence-corrected chi connectivity index (χ4v) is 2.50. The molecule has 0 saturated carbocycles. The Balaban J connectivity index is 2.07. The highest BCUT2D eigenvalue weighted by atomic mass is 32.1. The number of carbonyl (C=O) groups excluding carboxylic acids is 1. The van der Waals surface area contributed by atoms with Gasteiger partial charge in [0.05, 0.1) is 0 Å². The average Bonchev–Trinajstić information content (AvgIpc) is 2.65. The summed E-state index contributed by atoms with van der Waals surface area (Å²) < 4.78 is 5.61. The second-order valence-electron chi connectivity index (χ2n) is 3.54. The molecular weight excluding hydrogens is 198 g/mol. The lowest BCUT2D eigenvalue weighted by molar-refractivity contribution is -0.127. The molecule has 2 unspecified atom stereocenters. The number of thiazole rings is 1. The zero-order valence-corrected chi connectivity index (χ0v) is 8.92. The number of carbonyl (C=O) groups is 1. The standard InChI is InChI=1S/C10H13NO2S/c1-7-5-11-10(14-7)9-4-2-3-8(6-12)13-9/h5-6,8-9H,2-4H2,1H3. The lowest BCUT2D eigenvalue weighted by atomic mass is 10.1. The second-order valence-corrected chi connectivity index (χ2v) is 4.81. The molecule has 0 spiro atoms. The van der Waals surface area contributed by atoms with Crippen LogP contribution in [0.3, 0.4) is 0 Å². The van der Waals surface area contributed by atoms with Gasteiger partial charge in [-0.2, -0.15) is 0 Å². The van der Waals surface area contributed by atoms with Crippen molar-refractivity contribution in [1.29, 1.82) is 0 Å². The molecule has 1 aliphatic rings. The third-order valence-corrected chi connectivity index (χ3v) is 3.37. The number of aryl methyl sites for hydroxylation is 1. The van der Waals surface area contributed by atoms with Gasteiger partial charge < -0.3 is 9.53 Å². The monoisotopic (exact) mass is 211 g/mol. The number of ether oxygens (including phenoxy) is 1. The Hall–Kier alpha value is -0.740. The Morgan fingerprint density at radius 3 is 3.14 bits per heavy atom. The summed E-state index contributed by atoms with van der Waals surface area (Å²) in [5, 5.41) is 1.01. The quantitative estimate of drug-likeness (QED) is 0.704. The molecule has 1 saturated heterocycles. The minimum absolute atomic E-state index is 0.0395. The van der Waals surface area contributed by atoms with Crippen LogP contribution in [-0.4, -0.2) is 17.4 Å². The molecule has 2 heterocycles. The van der Waals surface area contributed by atoms with Crippen molar-refractivity contribution in [3.05, 3.63) is 16.1 Å². The average molecular weight is 211 g/mol. The van der Waals surface area contributed by atoms with Gasteiger partial charge in [-0.1, -0.05) is 0 Å². The van der Waals surface area contributed by atoms with E-state index in [1.54, 1.807) is 11.3 Å². The molecule has 2 atom stereocenters. The SMILES string of the molecule is Cc1cnc(C2CCCC(C=O)O2)s1. The predicted molar refractivity (Wildman–Crippen MR) is 54.4 cm³/mol. The van der Waals surface area contributed by atoms with Crippen LogP contribution in [0, 0.1) is 6.92 Å².